The normalized spacial score (nSPS) is 14.7. The van der Waals surface area contributed by atoms with E-state index >= 15 is 0 Å². The maximum absolute atomic E-state index is 9.09. The molecule has 3 aromatic carbocycles. The van der Waals surface area contributed by atoms with Crippen molar-refractivity contribution in [2.75, 3.05) is 13.1 Å². The van der Waals surface area contributed by atoms with Crippen LogP contribution in [0.2, 0.25) is 0 Å². The van der Waals surface area contributed by atoms with E-state index in [1.54, 1.807) is 0 Å². The van der Waals surface area contributed by atoms with Gasteiger partial charge in [-0.2, -0.15) is 5.26 Å². The first-order valence-corrected chi connectivity index (χ1v) is 9.83. The van der Waals surface area contributed by atoms with Crippen molar-refractivity contribution < 1.29 is 0 Å². The molecule has 1 aliphatic rings. The Kier molecular flexibility index (Phi) is 5.66. The lowest BCUT2D eigenvalue weighted by molar-refractivity contribution is 0.299. The molecule has 0 bridgehead atoms. The molecule has 0 aliphatic carbocycles. The summed E-state index contributed by atoms with van der Waals surface area (Å²) in [6.07, 6.45) is 1.49. The van der Waals surface area contributed by atoms with Gasteiger partial charge < -0.3 is 0 Å². The highest BCUT2D eigenvalue weighted by molar-refractivity contribution is 5.92. The van der Waals surface area contributed by atoms with E-state index < -0.39 is 0 Å². The molecule has 0 fully saturated rings. The average Bonchev–Trinajstić information content (AvgIpc) is 2.75. The lowest BCUT2D eigenvalue weighted by atomic mass is 9.88. The Balaban J connectivity index is 1.70. The van der Waals surface area contributed by atoms with E-state index in [2.05, 4.69) is 89.8 Å². The molecular weight excluding hydrogens is 340 g/mol. The van der Waals surface area contributed by atoms with Crippen LogP contribution in [0.3, 0.4) is 0 Å². The van der Waals surface area contributed by atoms with Crippen molar-refractivity contribution in [3.63, 3.8) is 0 Å². The quantitative estimate of drug-likeness (QED) is 0.592. The summed E-state index contributed by atoms with van der Waals surface area (Å²) >= 11 is 0. The van der Waals surface area contributed by atoms with Gasteiger partial charge in [0.25, 0.3) is 0 Å². The molecule has 4 rings (SSSR count). The van der Waals surface area contributed by atoms with Crippen molar-refractivity contribution in [2.24, 2.45) is 0 Å². The summed E-state index contributed by atoms with van der Waals surface area (Å²) in [5.74, 6) is 0. The molecule has 0 radical (unpaired) electrons. The summed E-state index contributed by atoms with van der Waals surface area (Å²) in [4.78, 5) is 2.52. The highest BCUT2D eigenvalue weighted by atomic mass is 15.1. The van der Waals surface area contributed by atoms with Crippen LogP contribution < -0.4 is 0 Å². The fourth-order valence-corrected chi connectivity index (χ4v) is 3.98. The van der Waals surface area contributed by atoms with E-state index in [0.29, 0.717) is 6.42 Å². The smallest absolute Gasteiger partial charge is 0.0669 e. The molecule has 0 amide bonds. The molecule has 0 saturated carbocycles. The summed E-state index contributed by atoms with van der Waals surface area (Å²) in [7, 11) is 0. The lowest BCUT2D eigenvalue weighted by Crippen LogP contribution is -2.30. The zero-order chi connectivity index (χ0) is 19.2. The van der Waals surface area contributed by atoms with Crippen molar-refractivity contribution in [1.82, 2.24) is 4.90 Å². The van der Waals surface area contributed by atoms with E-state index in [9.17, 15) is 0 Å². The van der Waals surface area contributed by atoms with Crippen LogP contribution in [0.5, 0.6) is 0 Å². The largest absolute Gasteiger partial charge is 0.294 e. The first kappa shape index (κ1) is 18.2. The number of nitriles is 1. The van der Waals surface area contributed by atoms with Gasteiger partial charge in [0.2, 0.25) is 0 Å². The Labute approximate surface area is 167 Å². The van der Waals surface area contributed by atoms with Gasteiger partial charge in [-0.15, -0.1) is 0 Å². The van der Waals surface area contributed by atoms with Gasteiger partial charge in [-0.1, -0.05) is 84.9 Å². The number of hydrogen-bond acceptors (Lipinski definition) is 2. The van der Waals surface area contributed by atoms with Gasteiger partial charge in [-0.3, -0.25) is 4.90 Å². The molecular formula is C26H24N2. The molecule has 0 aromatic heterocycles. The van der Waals surface area contributed by atoms with Gasteiger partial charge in [-0.25, -0.2) is 0 Å². The molecule has 3 aromatic rings. The first-order valence-electron chi connectivity index (χ1n) is 9.83. The van der Waals surface area contributed by atoms with Crippen molar-refractivity contribution in [3.05, 3.63) is 107 Å². The van der Waals surface area contributed by atoms with Crippen LogP contribution in [0.25, 0.3) is 11.1 Å². The molecule has 1 aliphatic heterocycles. The maximum Gasteiger partial charge on any atom is 0.0669 e. The van der Waals surface area contributed by atoms with E-state index in [1.807, 2.05) is 6.07 Å². The van der Waals surface area contributed by atoms with Crippen LogP contribution in [0.4, 0.5) is 0 Å². The molecule has 2 heteroatoms. The van der Waals surface area contributed by atoms with Gasteiger partial charge in [-0.05, 0) is 39.8 Å². The molecule has 28 heavy (non-hydrogen) atoms. The highest BCUT2D eigenvalue weighted by Crippen LogP contribution is 2.34. The first-order chi connectivity index (χ1) is 13.8. The summed E-state index contributed by atoms with van der Waals surface area (Å²) in [6.45, 7) is 2.94. The summed E-state index contributed by atoms with van der Waals surface area (Å²) < 4.78 is 0. The van der Waals surface area contributed by atoms with Gasteiger partial charge >= 0.3 is 0 Å². The van der Waals surface area contributed by atoms with E-state index in [1.165, 1.54) is 27.8 Å². The van der Waals surface area contributed by atoms with E-state index in [4.69, 9.17) is 5.26 Å². The summed E-state index contributed by atoms with van der Waals surface area (Å²) in [6, 6.07) is 32.2. The second kappa shape index (κ2) is 8.69. The molecule has 0 atom stereocenters. The number of hydrogen-bond donors (Lipinski definition) is 0. The Bertz CT molecular complexity index is 997. The fourth-order valence-electron chi connectivity index (χ4n) is 3.98. The highest BCUT2D eigenvalue weighted by Gasteiger charge is 2.21. The number of benzene rings is 3. The second-order valence-electron chi connectivity index (χ2n) is 7.30. The predicted molar refractivity (Wildman–Crippen MR) is 115 cm³/mol. The standard InChI is InChI=1S/C26H24N2/c27-16-14-21-10-7-13-24(18-21)26-20-28(19-22-8-3-1-4-9-22)17-15-25(26)23-11-5-2-6-12-23/h1-13,18H,14-15,17,19-20H2. The van der Waals surface area contributed by atoms with Gasteiger partial charge in [0.15, 0.2) is 0 Å². The van der Waals surface area contributed by atoms with Gasteiger partial charge in [0.05, 0.1) is 12.5 Å². The minimum Gasteiger partial charge on any atom is -0.294 e. The van der Waals surface area contributed by atoms with Crippen molar-refractivity contribution >= 4 is 11.1 Å². The molecule has 2 nitrogen and oxygen atoms in total. The number of nitrogens with zero attached hydrogens (tertiary/aromatic N) is 2. The zero-order valence-electron chi connectivity index (χ0n) is 16.0. The van der Waals surface area contributed by atoms with Crippen LogP contribution in [0.1, 0.15) is 28.7 Å². The van der Waals surface area contributed by atoms with Crippen LogP contribution in [-0.2, 0) is 13.0 Å². The Morgan fingerprint density at radius 3 is 2.18 bits per heavy atom. The lowest BCUT2D eigenvalue weighted by Gasteiger charge is -2.31. The monoisotopic (exact) mass is 364 g/mol. The third-order valence-corrected chi connectivity index (χ3v) is 5.35. The summed E-state index contributed by atoms with van der Waals surface area (Å²) in [5, 5.41) is 9.09. The second-order valence-corrected chi connectivity index (χ2v) is 7.30. The molecule has 1 heterocycles. The molecule has 0 unspecified atom stereocenters. The fraction of sp³-hybridized carbons (Fsp3) is 0.192. The molecule has 138 valence electrons. The van der Waals surface area contributed by atoms with Crippen molar-refractivity contribution in [1.29, 1.82) is 5.26 Å². The zero-order valence-corrected chi connectivity index (χ0v) is 16.0. The SMILES string of the molecule is N#CCc1cccc(C2=C(c3ccccc3)CCN(Cc3ccccc3)C2)c1. The minimum atomic E-state index is 0.454. The number of rotatable bonds is 5. The van der Waals surface area contributed by atoms with Crippen LogP contribution in [0.15, 0.2) is 84.9 Å². The van der Waals surface area contributed by atoms with E-state index in [0.717, 1.165) is 31.6 Å². The third-order valence-electron chi connectivity index (χ3n) is 5.35. The Morgan fingerprint density at radius 2 is 1.43 bits per heavy atom. The Morgan fingerprint density at radius 1 is 0.750 bits per heavy atom. The predicted octanol–water partition coefficient (Wildman–Crippen LogP) is 5.57. The topological polar surface area (TPSA) is 27.0 Å². The summed E-state index contributed by atoms with van der Waals surface area (Å²) in [5.41, 5.74) is 7.79. The average molecular weight is 364 g/mol. The maximum atomic E-state index is 9.09. The van der Waals surface area contributed by atoms with Crippen LogP contribution in [0, 0.1) is 11.3 Å². The Hall–Kier alpha value is -3.15. The van der Waals surface area contributed by atoms with Gasteiger partial charge in [0.1, 0.15) is 0 Å². The minimum absolute atomic E-state index is 0.454. The third kappa shape index (κ3) is 4.22. The van der Waals surface area contributed by atoms with Crippen molar-refractivity contribution in [3.8, 4) is 6.07 Å². The molecule has 0 N–H and O–H groups in total. The molecule has 0 saturated heterocycles. The van der Waals surface area contributed by atoms with Crippen LogP contribution >= 0.6 is 0 Å². The van der Waals surface area contributed by atoms with Crippen molar-refractivity contribution in [2.45, 2.75) is 19.4 Å². The van der Waals surface area contributed by atoms with Gasteiger partial charge in [0, 0.05) is 19.6 Å². The van der Waals surface area contributed by atoms with Crippen LogP contribution in [-0.4, -0.2) is 18.0 Å². The molecule has 0 spiro atoms. The van der Waals surface area contributed by atoms with E-state index in [-0.39, 0.29) is 0 Å².